The number of para-hydroxylation sites is 1. The Bertz CT molecular complexity index is 514. The lowest BCUT2D eigenvalue weighted by Crippen LogP contribution is -2.02. The van der Waals surface area contributed by atoms with Crippen LogP contribution in [0.5, 0.6) is 5.75 Å². The molecule has 1 N–H and O–H groups in total. The summed E-state index contributed by atoms with van der Waals surface area (Å²) in [6.45, 7) is 2.14. The highest BCUT2D eigenvalue weighted by Crippen LogP contribution is 2.29. The van der Waals surface area contributed by atoms with Gasteiger partial charge in [0.1, 0.15) is 12.4 Å². The smallest absolute Gasteiger partial charge is 0.130 e. The number of benzene rings is 1. The van der Waals surface area contributed by atoms with Gasteiger partial charge < -0.3 is 9.84 Å². The third kappa shape index (κ3) is 2.10. The van der Waals surface area contributed by atoms with Gasteiger partial charge in [0.15, 0.2) is 0 Å². The summed E-state index contributed by atoms with van der Waals surface area (Å²) in [5.41, 5.74) is 1.57. The van der Waals surface area contributed by atoms with Crippen molar-refractivity contribution in [3.63, 3.8) is 0 Å². The van der Waals surface area contributed by atoms with Crippen LogP contribution in [0.15, 0.2) is 24.3 Å². The number of aryl methyl sites for hydroxylation is 1. The lowest BCUT2D eigenvalue weighted by Gasteiger charge is -2.09. The number of aliphatic hydroxyl groups is 1. The fourth-order valence-corrected chi connectivity index (χ4v) is 1.80. The molecule has 3 nitrogen and oxygen atoms in total. The van der Waals surface area contributed by atoms with Gasteiger partial charge in [0.2, 0.25) is 0 Å². The molecule has 16 heavy (non-hydrogen) atoms. The summed E-state index contributed by atoms with van der Waals surface area (Å²) >= 11 is 6.07. The van der Waals surface area contributed by atoms with Crippen molar-refractivity contribution in [3.05, 3.63) is 35.0 Å². The average Bonchev–Trinajstić information content (AvgIpc) is 2.27. The summed E-state index contributed by atoms with van der Waals surface area (Å²) < 4.78 is 5.46. The van der Waals surface area contributed by atoms with Crippen LogP contribution in [0.4, 0.5) is 0 Å². The number of fused-ring (bicyclic) bond motifs is 1. The molecule has 1 heterocycles. The Kier molecular flexibility index (Phi) is 3.27. The Morgan fingerprint density at radius 1 is 1.44 bits per heavy atom. The number of aromatic nitrogens is 1. The molecule has 0 aliphatic carbocycles. The van der Waals surface area contributed by atoms with Gasteiger partial charge in [-0.05, 0) is 19.1 Å². The zero-order chi connectivity index (χ0) is 11.5. The monoisotopic (exact) mass is 237 g/mol. The zero-order valence-corrected chi connectivity index (χ0v) is 9.66. The number of hydrogen-bond acceptors (Lipinski definition) is 3. The zero-order valence-electron chi connectivity index (χ0n) is 8.90. The number of aliphatic hydroxyl groups excluding tert-OH is 1. The van der Waals surface area contributed by atoms with Gasteiger partial charge >= 0.3 is 0 Å². The van der Waals surface area contributed by atoms with E-state index in [4.69, 9.17) is 21.4 Å². The first kappa shape index (κ1) is 11.2. The first-order valence-electron chi connectivity index (χ1n) is 5.02. The molecule has 0 radical (unpaired) electrons. The van der Waals surface area contributed by atoms with E-state index in [9.17, 15) is 0 Å². The second-order valence-electron chi connectivity index (χ2n) is 3.47. The molecule has 1 aromatic carbocycles. The van der Waals surface area contributed by atoms with Crippen molar-refractivity contribution in [2.24, 2.45) is 0 Å². The van der Waals surface area contributed by atoms with Crippen molar-refractivity contribution in [1.29, 1.82) is 0 Å². The maximum absolute atomic E-state index is 8.76. The molecule has 0 saturated heterocycles. The standard InChI is InChI=1S/C12H12ClNO2/c1-8-7-11(16-6-5-15)9-3-2-4-10(13)12(9)14-8/h2-4,7,15H,5-6H2,1H3. The first-order chi connectivity index (χ1) is 7.72. The van der Waals surface area contributed by atoms with Crippen LogP contribution in [0, 0.1) is 6.92 Å². The maximum Gasteiger partial charge on any atom is 0.130 e. The molecule has 0 amide bonds. The fraction of sp³-hybridized carbons (Fsp3) is 0.250. The highest BCUT2D eigenvalue weighted by atomic mass is 35.5. The molecule has 4 heteroatoms. The second kappa shape index (κ2) is 4.68. The summed E-state index contributed by atoms with van der Waals surface area (Å²) in [6, 6.07) is 7.40. The van der Waals surface area contributed by atoms with Crippen molar-refractivity contribution < 1.29 is 9.84 Å². The van der Waals surface area contributed by atoms with E-state index in [0.29, 0.717) is 10.8 Å². The van der Waals surface area contributed by atoms with Crippen molar-refractivity contribution in [2.75, 3.05) is 13.2 Å². The Hall–Kier alpha value is -1.32. The SMILES string of the molecule is Cc1cc(OCCO)c2cccc(Cl)c2n1. The minimum atomic E-state index is -0.0105. The van der Waals surface area contributed by atoms with Gasteiger partial charge in [0, 0.05) is 17.1 Å². The van der Waals surface area contributed by atoms with Crippen LogP contribution in [-0.4, -0.2) is 23.3 Å². The molecule has 1 aromatic heterocycles. The molecule has 0 atom stereocenters. The first-order valence-corrected chi connectivity index (χ1v) is 5.39. The van der Waals surface area contributed by atoms with Crippen LogP contribution in [-0.2, 0) is 0 Å². The average molecular weight is 238 g/mol. The quantitative estimate of drug-likeness (QED) is 0.892. The van der Waals surface area contributed by atoms with Gasteiger partial charge in [-0.15, -0.1) is 0 Å². The number of ether oxygens (including phenoxy) is 1. The molecule has 0 spiro atoms. The number of hydrogen-bond donors (Lipinski definition) is 1. The minimum absolute atomic E-state index is 0.0105. The lowest BCUT2D eigenvalue weighted by molar-refractivity contribution is 0.202. The van der Waals surface area contributed by atoms with E-state index in [0.717, 1.165) is 16.6 Å². The van der Waals surface area contributed by atoms with E-state index in [1.54, 1.807) is 6.07 Å². The summed E-state index contributed by atoms with van der Waals surface area (Å²) in [7, 11) is 0. The van der Waals surface area contributed by atoms with Crippen LogP contribution in [0.1, 0.15) is 5.69 Å². The van der Waals surface area contributed by atoms with Crippen LogP contribution < -0.4 is 4.74 Å². The third-order valence-electron chi connectivity index (χ3n) is 2.23. The van der Waals surface area contributed by atoms with Gasteiger partial charge in [-0.3, -0.25) is 4.98 Å². The van der Waals surface area contributed by atoms with E-state index in [1.165, 1.54) is 0 Å². The Morgan fingerprint density at radius 3 is 3.00 bits per heavy atom. The van der Waals surface area contributed by atoms with E-state index >= 15 is 0 Å². The fourth-order valence-electron chi connectivity index (χ4n) is 1.58. The van der Waals surface area contributed by atoms with Gasteiger partial charge in [0.05, 0.1) is 17.1 Å². The highest BCUT2D eigenvalue weighted by molar-refractivity contribution is 6.35. The number of rotatable bonds is 3. The van der Waals surface area contributed by atoms with Gasteiger partial charge in [-0.1, -0.05) is 17.7 Å². The second-order valence-corrected chi connectivity index (χ2v) is 3.88. The van der Waals surface area contributed by atoms with Crippen molar-refractivity contribution >= 4 is 22.5 Å². The van der Waals surface area contributed by atoms with E-state index in [-0.39, 0.29) is 13.2 Å². The van der Waals surface area contributed by atoms with Gasteiger partial charge in [0.25, 0.3) is 0 Å². The van der Waals surface area contributed by atoms with Crippen molar-refractivity contribution in [2.45, 2.75) is 6.92 Å². The molecule has 0 aliphatic heterocycles. The molecule has 84 valence electrons. The summed E-state index contributed by atoms with van der Waals surface area (Å²) in [5.74, 6) is 0.707. The van der Waals surface area contributed by atoms with Crippen LogP contribution in [0.25, 0.3) is 10.9 Å². The van der Waals surface area contributed by atoms with Crippen LogP contribution >= 0.6 is 11.6 Å². The molecule has 0 fully saturated rings. The van der Waals surface area contributed by atoms with E-state index < -0.39 is 0 Å². The van der Waals surface area contributed by atoms with Gasteiger partial charge in [-0.25, -0.2) is 0 Å². The van der Waals surface area contributed by atoms with E-state index in [1.807, 2.05) is 25.1 Å². The molecule has 0 bridgehead atoms. The Balaban J connectivity index is 2.59. The van der Waals surface area contributed by atoms with Crippen molar-refractivity contribution in [3.8, 4) is 5.75 Å². The predicted molar refractivity (Wildman–Crippen MR) is 64.1 cm³/mol. The molecular formula is C12H12ClNO2. The van der Waals surface area contributed by atoms with Gasteiger partial charge in [-0.2, -0.15) is 0 Å². The molecule has 0 unspecified atom stereocenters. The summed E-state index contributed by atoms with van der Waals surface area (Å²) in [6.07, 6.45) is 0. The summed E-state index contributed by atoms with van der Waals surface area (Å²) in [4.78, 5) is 4.37. The third-order valence-corrected chi connectivity index (χ3v) is 2.53. The molecule has 0 aliphatic rings. The number of halogens is 1. The number of pyridine rings is 1. The molecule has 0 saturated carbocycles. The van der Waals surface area contributed by atoms with Crippen LogP contribution in [0.2, 0.25) is 5.02 Å². The topological polar surface area (TPSA) is 42.4 Å². The normalized spacial score (nSPS) is 10.7. The Labute approximate surface area is 98.6 Å². The number of nitrogens with zero attached hydrogens (tertiary/aromatic N) is 1. The van der Waals surface area contributed by atoms with Crippen LogP contribution in [0.3, 0.4) is 0 Å². The van der Waals surface area contributed by atoms with Crippen molar-refractivity contribution in [1.82, 2.24) is 4.98 Å². The Morgan fingerprint density at radius 2 is 2.25 bits per heavy atom. The maximum atomic E-state index is 8.76. The highest BCUT2D eigenvalue weighted by Gasteiger charge is 2.07. The minimum Gasteiger partial charge on any atom is -0.490 e. The molecule has 2 rings (SSSR count). The largest absolute Gasteiger partial charge is 0.490 e. The molecular weight excluding hydrogens is 226 g/mol. The molecule has 2 aromatic rings. The predicted octanol–water partition coefficient (Wildman–Crippen LogP) is 2.57. The van der Waals surface area contributed by atoms with E-state index in [2.05, 4.69) is 4.98 Å². The lowest BCUT2D eigenvalue weighted by atomic mass is 10.2. The summed E-state index contributed by atoms with van der Waals surface area (Å²) in [5, 5.41) is 10.2.